The highest BCUT2D eigenvalue weighted by Gasteiger charge is 2.15. The van der Waals surface area contributed by atoms with Crippen molar-refractivity contribution >= 4 is 49.5 Å². The van der Waals surface area contributed by atoms with E-state index in [1.807, 2.05) is 29.6 Å². The molecular weight excluding hydrogens is 398 g/mol. The minimum atomic E-state index is -0.451. The summed E-state index contributed by atoms with van der Waals surface area (Å²) in [6.45, 7) is 0. The Labute approximate surface area is 167 Å². The highest BCUT2D eigenvalue weighted by atomic mass is 32.1. The number of thiophene rings is 1. The van der Waals surface area contributed by atoms with Crippen LogP contribution in [0.25, 0.3) is 21.3 Å². The van der Waals surface area contributed by atoms with E-state index in [1.165, 1.54) is 34.8 Å². The van der Waals surface area contributed by atoms with Crippen LogP contribution in [0.3, 0.4) is 0 Å². The molecular formula is C19H13N3O4S2. The lowest BCUT2D eigenvalue weighted by Gasteiger charge is -2.01. The van der Waals surface area contributed by atoms with Gasteiger partial charge in [0, 0.05) is 33.2 Å². The van der Waals surface area contributed by atoms with E-state index in [9.17, 15) is 14.9 Å². The van der Waals surface area contributed by atoms with Crippen LogP contribution in [0.15, 0.2) is 53.9 Å². The number of hydrogen-bond acceptors (Lipinski definition) is 7. The van der Waals surface area contributed by atoms with Gasteiger partial charge in [-0.1, -0.05) is 0 Å². The summed E-state index contributed by atoms with van der Waals surface area (Å²) in [4.78, 5) is 27.9. The van der Waals surface area contributed by atoms with Crippen LogP contribution in [0.5, 0.6) is 5.75 Å². The third kappa shape index (κ3) is 3.57. The zero-order valence-corrected chi connectivity index (χ0v) is 16.2. The maximum absolute atomic E-state index is 12.5. The molecule has 0 aliphatic carbocycles. The summed E-state index contributed by atoms with van der Waals surface area (Å²) in [7, 11) is 1.61. The number of benzene rings is 2. The molecule has 0 bridgehead atoms. The van der Waals surface area contributed by atoms with E-state index in [1.54, 1.807) is 19.2 Å². The van der Waals surface area contributed by atoms with E-state index < -0.39 is 4.92 Å². The SMILES string of the molecule is COc1ccc(-c2csc(NC(=O)c3cc4cc([N+](=O)[O-])ccc4s3)n2)cc1. The molecule has 0 atom stereocenters. The number of methoxy groups -OCH3 is 1. The van der Waals surface area contributed by atoms with Gasteiger partial charge in [0.2, 0.25) is 0 Å². The number of ether oxygens (including phenoxy) is 1. The Bertz CT molecular complexity index is 1180. The molecule has 0 radical (unpaired) electrons. The van der Waals surface area contributed by atoms with Gasteiger partial charge in [0.1, 0.15) is 5.75 Å². The number of carbonyl (C=O) groups excluding carboxylic acids is 1. The Morgan fingerprint density at radius 3 is 2.68 bits per heavy atom. The minimum absolute atomic E-state index is 0.00122. The summed E-state index contributed by atoms with van der Waals surface area (Å²) >= 11 is 2.61. The topological polar surface area (TPSA) is 94.4 Å². The molecule has 0 aliphatic heterocycles. The van der Waals surface area contributed by atoms with Crippen molar-refractivity contribution < 1.29 is 14.5 Å². The minimum Gasteiger partial charge on any atom is -0.497 e. The number of nitrogens with zero attached hydrogens (tertiary/aromatic N) is 2. The average molecular weight is 411 g/mol. The third-order valence-electron chi connectivity index (χ3n) is 4.04. The molecule has 2 aromatic heterocycles. The van der Waals surface area contributed by atoms with E-state index in [-0.39, 0.29) is 11.6 Å². The predicted octanol–water partition coefficient (Wildman–Crippen LogP) is 5.19. The number of nitrogens with one attached hydrogen (secondary N) is 1. The Hall–Kier alpha value is -3.30. The van der Waals surface area contributed by atoms with Crippen molar-refractivity contribution in [1.82, 2.24) is 4.98 Å². The zero-order chi connectivity index (χ0) is 19.7. The number of non-ortho nitro benzene ring substituents is 1. The molecule has 0 fully saturated rings. The van der Waals surface area contributed by atoms with Gasteiger partial charge in [-0.3, -0.25) is 20.2 Å². The second-order valence-electron chi connectivity index (χ2n) is 5.81. The largest absolute Gasteiger partial charge is 0.497 e. The lowest BCUT2D eigenvalue weighted by molar-refractivity contribution is -0.384. The Balaban J connectivity index is 1.52. The molecule has 7 nitrogen and oxygen atoms in total. The Morgan fingerprint density at radius 1 is 1.18 bits per heavy atom. The summed E-state index contributed by atoms with van der Waals surface area (Å²) in [5, 5.41) is 16.7. The van der Waals surface area contributed by atoms with Crippen LogP contribution >= 0.6 is 22.7 Å². The van der Waals surface area contributed by atoms with Crippen molar-refractivity contribution in [2.75, 3.05) is 12.4 Å². The van der Waals surface area contributed by atoms with E-state index in [0.29, 0.717) is 15.4 Å². The molecule has 140 valence electrons. The molecule has 9 heteroatoms. The quantitative estimate of drug-likeness (QED) is 0.360. The smallest absolute Gasteiger partial charge is 0.270 e. The second-order valence-corrected chi connectivity index (χ2v) is 7.75. The third-order valence-corrected chi connectivity index (χ3v) is 5.92. The highest BCUT2D eigenvalue weighted by molar-refractivity contribution is 7.21. The summed E-state index contributed by atoms with van der Waals surface area (Å²) in [6.07, 6.45) is 0. The number of amides is 1. The molecule has 0 unspecified atom stereocenters. The number of carbonyl (C=O) groups is 1. The maximum Gasteiger partial charge on any atom is 0.270 e. The van der Waals surface area contributed by atoms with Gasteiger partial charge in [-0.25, -0.2) is 4.98 Å². The molecule has 2 heterocycles. The van der Waals surface area contributed by atoms with Gasteiger partial charge in [0.25, 0.3) is 11.6 Å². The van der Waals surface area contributed by atoms with Crippen molar-refractivity contribution in [2.45, 2.75) is 0 Å². The molecule has 0 aliphatic rings. The van der Waals surface area contributed by atoms with Gasteiger partial charge in [-0.05, 0) is 36.4 Å². The molecule has 0 saturated heterocycles. The summed E-state index contributed by atoms with van der Waals surface area (Å²) in [5.74, 6) is 0.469. The maximum atomic E-state index is 12.5. The van der Waals surface area contributed by atoms with Gasteiger partial charge < -0.3 is 4.74 Å². The van der Waals surface area contributed by atoms with Crippen molar-refractivity contribution in [1.29, 1.82) is 0 Å². The highest BCUT2D eigenvalue weighted by Crippen LogP contribution is 2.31. The standard InChI is InChI=1S/C19H13N3O4S2/c1-26-14-5-2-11(3-6-14)15-10-27-19(20-15)21-18(23)17-9-12-8-13(22(24)25)4-7-16(12)28-17/h2-10H,1H3,(H,20,21,23). The van der Waals surface area contributed by atoms with Gasteiger partial charge in [0.05, 0.1) is 22.6 Å². The fraction of sp³-hybridized carbons (Fsp3) is 0.0526. The lowest BCUT2D eigenvalue weighted by atomic mass is 10.2. The van der Waals surface area contributed by atoms with E-state index in [4.69, 9.17) is 4.74 Å². The van der Waals surface area contributed by atoms with Crippen LogP contribution in [0.1, 0.15) is 9.67 Å². The number of nitro groups is 1. The first-order valence-electron chi connectivity index (χ1n) is 8.13. The predicted molar refractivity (Wildman–Crippen MR) is 111 cm³/mol. The zero-order valence-electron chi connectivity index (χ0n) is 14.5. The summed E-state index contributed by atoms with van der Waals surface area (Å²) < 4.78 is 5.96. The first kappa shape index (κ1) is 18.1. The summed E-state index contributed by atoms with van der Waals surface area (Å²) in [6, 6.07) is 13.7. The molecule has 0 saturated carbocycles. The number of anilines is 1. The first-order chi connectivity index (χ1) is 13.5. The molecule has 28 heavy (non-hydrogen) atoms. The molecule has 4 rings (SSSR count). The van der Waals surface area contributed by atoms with Crippen molar-refractivity contribution in [3.05, 3.63) is 68.9 Å². The van der Waals surface area contributed by atoms with E-state index >= 15 is 0 Å². The van der Waals surface area contributed by atoms with Crippen LogP contribution in [0, 0.1) is 10.1 Å². The van der Waals surface area contributed by atoms with E-state index in [0.717, 1.165) is 21.7 Å². The fourth-order valence-corrected chi connectivity index (χ4v) is 4.29. The normalized spacial score (nSPS) is 10.8. The van der Waals surface area contributed by atoms with E-state index in [2.05, 4.69) is 10.3 Å². The first-order valence-corrected chi connectivity index (χ1v) is 9.82. The van der Waals surface area contributed by atoms with Gasteiger partial charge in [-0.2, -0.15) is 0 Å². The van der Waals surface area contributed by atoms with Crippen LogP contribution in [0.4, 0.5) is 10.8 Å². The van der Waals surface area contributed by atoms with Crippen LogP contribution in [0.2, 0.25) is 0 Å². The Morgan fingerprint density at radius 2 is 1.96 bits per heavy atom. The monoisotopic (exact) mass is 411 g/mol. The molecule has 2 aromatic carbocycles. The average Bonchev–Trinajstić information content (AvgIpc) is 3.34. The molecule has 1 N–H and O–H groups in total. The fourth-order valence-electron chi connectivity index (χ4n) is 2.64. The van der Waals surface area contributed by atoms with Crippen molar-refractivity contribution in [2.24, 2.45) is 0 Å². The number of aromatic nitrogens is 1. The van der Waals surface area contributed by atoms with Crippen LogP contribution < -0.4 is 10.1 Å². The Kier molecular flexibility index (Phi) is 4.76. The van der Waals surface area contributed by atoms with Crippen molar-refractivity contribution in [3.63, 3.8) is 0 Å². The van der Waals surface area contributed by atoms with Crippen LogP contribution in [-0.4, -0.2) is 22.9 Å². The van der Waals surface area contributed by atoms with Gasteiger partial charge in [-0.15, -0.1) is 22.7 Å². The number of fused-ring (bicyclic) bond motifs is 1. The summed E-state index contributed by atoms with van der Waals surface area (Å²) in [5.41, 5.74) is 1.68. The van der Waals surface area contributed by atoms with Gasteiger partial charge >= 0.3 is 0 Å². The number of nitro benzene ring substituents is 1. The van der Waals surface area contributed by atoms with Crippen LogP contribution in [-0.2, 0) is 0 Å². The molecule has 1 amide bonds. The number of hydrogen-bond donors (Lipinski definition) is 1. The van der Waals surface area contributed by atoms with Gasteiger partial charge in [0.15, 0.2) is 5.13 Å². The number of thiazole rings is 1. The van der Waals surface area contributed by atoms with Crippen molar-refractivity contribution in [3.8, 4) is 17.0 Å². The molecule has 4 aromatic rings. The lowest BCUT2D eigenvalue weighted by Crippen LogP contribution is -2.09. The molecule has 0 spiro atoms. The number of rotatable bonds is 5. The second kappa shape index (κ2) is 7.37.